The number of aliphatic carboxylic acids is 1. The normalized spacial score (nSPS) is 21.5. The number of amides is 2. The van der Waals surface area contributed by atoms with Gasteiger partial charge in [0.15, 0.2) is 0 Å². The number of carboxylic acids is 1. The highest BCUT2D eigenvalue weighted by Gasteiger charge is 2.37. The van der Waals surface area contributed by atoms with Gasteiger partial charge in [0.2, 0.25) is 5.91 Å². The van der Waals surface area contributed by atoms with Gasteiger partial charge in [-0.15, -0.1) is 0 Å². The fourth-order valence-corrected chi connectivity index (χ4v) is 3.53. The van der Waals surface area contributed by atoms with Gasteiger partial charge < -0.3 is 19.6 Å². The van der Waals surface area contributed by atoms with Crippen molar-refractivity contribution >= 4 is 17.8 Å². The van der Waals surface area contributed by atoms with E-state index in [1.54, 1.807) is 18.7 Å². The Labute approximate surface area is 160 Å². The molecular formula is C19H29N3O5. The lowest BCUT2D eigenvalue weighted by Crippen LogP contribution is -2.48. The molecule has 0 aliphatic carbocycles. The van der Waals surface area contributed by atoms with Crippen LogP contribution in [0, 0.1) is 23.7 Å². The van der Waals surface area contributed by atoms with Gasteiger partial charge in [0, 0.05) is 33.2 Å². The van der Waals surface area contributed by atoms with E-state index in [0.717, 1.165) is 13.1 Å². The van der Waals surface area contributed by atoms with Crippen molar-refractivity contribution in [1.82, 2.24) is 14.7 Å². The molecule has 2 heterocycles. The van der Waals surface area contributed by atoms with E-state index in [4.69, 9.17) is 4.74 Å². The van der Waals surface area contributed by atoms with Crippen molar-refractivity contribution in [2.24, 2.45) is 11.8 Å². The van der Waals surface area contributed by atoms with Crippen LogP contribution in [0.4, 0.5) is 0 Å². The summed E-state index contributed by atoms with van der Waals surface area (Å²) < 4.78 is 5.27. The van der Waals surface area contributed by atoms with Gasteiger partial charge in [-0.1, -0.05) is 19.8 Å². The lowest BCUT2D eigenvalue weighted by molar-refractivity contribution is -0.152. The van der Waals surface area contributed by atoms with Crippen LogP contribution in [-0.4, -0.2) is 96.6 Å². The van der Waals surface area contributed by atoms with Crippen LogP contribution in [0.2, 0.25) is 0 Å². The SMILES string of the molecule is CC(C)[C@@H](C(=O)O)N(C)C(=O)[C@H]1CCN(C(=O)C#CCN2CCOCC2)C1. The molecule has 2 saturated heterocycles. The van der Waals surface area contributed by atoms with Crippen molar-refractivity contribution in [1.29, 1.82) is 0 Å². The van der Waals surface area contributed by atoms with Crippen LogP contribution in [0.1, 0.15) is 20.3 Å². The minimum Gasteiger partial charge on any atom is -0.480 e. The smallest absolute Gasteiger partial charge is 0.326 e. The summed E-state index contributed by atoms with van der Waals surface area (Å²) in [7, 11) is 1.52. The molecule has 8 nitrogen and oxygen atoms in total. The standard InChI is InChI=1S/C19H29N3O5/c1-14(2)17(19(25)26)20(3)18(24)15-6-8-22(13-15)16(23)5-4-7-21-9-11-27-12-10-21/h14-15,17H,6-13H2,1-3H3,(H,25,26)/t15-,17-/m0/s1. The Morgan fingerprint density at radius 2 is 1.89 bits per heavy atom. The fourth-order valence-electron chi connectivity index (χ4n) is 3.53. The number of ether oxygens (including phenoxy) is 1. The average Bonchev–Trinajstić information content (AvgIpc) is 3.11. The minimum atomic E-state index is -1.01. The van der Waals surface area contributed by atoms with Crippen molar-refractivity contribution in [2.75, 3.05) is 53.0 Å². The molecule has 0 bridgehead atoms. The van der Waals surface area contributed by atoms with Gasteiger partial charge in [-0.3, -0.25) is 14.5 Å². The molecule has 0 unspecified atom stereocenters. The molecule has 0 aromatic heterocycles. The number of rotatable bonds is 5. The number of carboxylic acid groups (broad SMARTS) is 1. The molecule has 0 aromatic rings. The topological polar surface area (TPSA) is 90.4 Å². The molecule has 1 N–H and O–H groups in total. The van der Waals surface area contributed by atoms with Crippen LogP contribution in [-0.2, 0) is 19.1 Å². The average molecular weight is 379 g/mol. The van der Waals surface area contributed by atoms with Gasteiger partial charge in [0.25, 0.3) is 5.91 Å². The third-order valence-electron chi connectivity index (χ3n) is 5.08. The number of morpholine rings is 1. The first kappa shape index (κ1) is 21.2. The molecule has 8 heteroatoms. The molecule has 2 aliphatic heterocycles. The molecule has 2 fully saturated rings. The third kappa shape index (κ3) is 5.68. The van der Waals surface area contributed by atoms with Gasteiger partial charge in [-0.25, -0.2) is 4.79 Å². The summed E-state index contributed by atoms with van der Waals surface area (Å²) in [6, 6.07) is -0.865. The summed E-state index contributed by atoms with van der Waals surface area (Å²) in [6.07, 6.45) is 0.532. The lowest BCUT2D eigenvalue weighted by Gasteiger charge is -2.29. The van der Waals surface area contributed by atoms with Crippen molar-refractivity contribution in [3.8, 4) is 11.8 Å². The summed E-state index contributed by atoms with van der Waals surface area (Å²) in [5.41, 5.74) is 0. The van der Waals surface area contributed by atoms with Crippen molar-refractivity contribution < 1.29 is 24.2 Å². The van der Waals surface area contributed by atoms with E-state index in [9.17, 15) is 19.5 Å². The summed E-state index contributed by atoms with van der Waals surface area (Å²) in [4.78, 5) is 41.4. The van der Waals surface area contributed by atoms with E-state index >= 15 is 0 Å². The van der Waals surface area contributed by atoms with Crippen molar-refractivity contribution in [3.63, 3.8) is 0 Å². The van der Waals surface area contributed by atoms with Crippen LogP contribution in [0.3, 0.4) is 0 Å². The van der Waals surface area contributed by atoms with Gasteiger partial charge in [-0.2, -0.15) is 0 Å². The maximum atomic E-state index is 12.7. The molecule has 2 aliphatic rings. The second-order valence-electron chi connectivity index (χ2n) is 7.40. The Hall–Kier alpha value is -2.11. The number of nitrogens with zero attached hydrogens (tertiary/aromatic N) is 3. The van der Waals surface area contributed by atoms with E-state index in [0.29, 0.717) is 39.3 Å². The number of hydrogen-bond donors (Lipinski definition) is 1. The van der Waals surface area contributed by atoms with E-state index in [2.05, 4.69) is 16.7 Å². The van der Waals surface area contributed by atoms with Gasteiger partial charge in [0.05, 0.1) is 25.7 Å². The van der Waals surface area contributed by atoms with Crippen LogP contribution in [0.5, 0.6) is 0 Å². The molecule has 2 rings (SSSR count). The van der Waals surface area contributed by atoms with Gasteiger partial charge >= 0.3 is 5.97 Å². The molecule has 150 valence electrons. The zero-order valence-corrected chi connectivity index (χ0v) is 16.3. The number of hydrogen-bond acceptors (Lipinski definition) is 5. The number of carbonyl (C=O) groups is 3. The van der Waals surface area contributed by atoms with Crippen molar-refractivity contribution in [3.05, 3.63) is 0 Å². The summed E-state index contributed by atoms with van der Waals surface area (Å²) in [6.45, 7) is 7.84. The van der Waals surface area contributed by atoms with Crippen LogP contribution >= 0.6 is 0 Å². The first-order valence-electron chi connectivity index (χ1n) is 9.38. The predicted octanol–water partition coefficient (Wildman–Crippen LogP) is -0.262. The number of likely N-dealkylation sites (tertiary alicyclic amines) is 1. The molecule has 0 radical (unpaired) electrons. The Morgan fingerprint density at radius 1 is 1.22 bits per heavy atom. The second kappa shape index (κ2) is 9.72. The molecule has 0 saturated carbocycles. The fraction of sp³-hybridized carbons (Fsp3) is 0.737. The number of carbonyl (C=O) groups excluding carboxylic acids is 2. The maximum absolute atomic E-state index is 12.7. The van der Waals surface area contributed by atoms with E-state index in [1.165, 1.54) is 11.9 Å². The molecular weight excluding hydrogens is 350 g/mol. The summed E-state index contributed by atoms with van der Waals surface area (Å²) in [5.74, 6) is 3.47. The molecule has 2 atom stereocenters. The highest BCUT2D eigenvalue weighted by atomic mass is 16.5. The summed E-state index contributed by atoms with van der Waals surface area (Å²) in [5, 5.41) is 9.36. The first-order chi connectivity index (χ1) is 12.8. The van der Waals surface area contributed by atoms with E-state index < -0.39 is 12.0 Å². The largest absolute Gasteiger partial charge is 0.480 e. The second-order valence-corrected chi connectivity index (χ2v) is 7.40. The van der Waals surface area contributed by atoms with Crippen LogP contribution in [0.15, 0.2) is 0 Å². The van der Waals surface area contributed by atoms with Crippen molar-refractivity contribution in [2.45, 2.75) is 26.3 Å². The lowest BCUT2D eigenvalue weighted by atomic mass is 10.0. The van der Waals surface area contributed by atoms with Crippen LogP contribution < -0.4 is 0 Å². The Balaban J connectivity index is 1.87. The maximum Gasteiger partial charge on any atom is 0.326 e. The predicted molar refractivity (Wildman–Crippen MR) is 98.8 cm³/mol. The number of likely N-dealkylation sites (N-methyl/N-ethyl adjacent to an activating group) is 1. The Bertz CT molecular complexity index is 619. The summed E-state index contributed by atoms with van der Waals surface area (Å²) >= 11 is 0. The highest BCUT2D eigenvalue weighted by molar-refractivity contribution is 5.94. The minimum absolute atomic E-state index is 0.193. The first-order valence-corrected chi connectivity index (χ1v) is 9.38. The molecule has 0 aromatic carbocycles. The molecule has 27 heavy (non-hydrogen) atoms. The third-order valence-corrected chi connectivity index (χ3v) is 5.08. The Morgan fingerprint density at radius 3 is 2.48 bits per heavy atom. The monoisotopic (exact) mass is 379 g/mol. The van der Waals surface area contributed by atoms with E-state index in [-0.39, 0.29) is 23.7 Å². The van der Waals surface area contributed by atoms with E-state index in [1.807, 2.05) is 0 Å². The molecule has 2 amide bonds. The Kier molecular flexibility index (Phi) is 7.63. The van der Waals surface area contributed by atoms with Crippen LogP contribution in [0.25, 0.3) is 0 Å². The zero-order valence-electron chi connectivity index (χ0n) is 16.3. The van der Waals surface area contributed by atoms with Gasteiger partial charge in [0.1, 0.15) is 6.04 Å². The highest BCUT2D eigenvalue weighted by Crippen LogP contribution is 2.21. The quantitative estimate of drug-likeness (QED) is 0.662. The molecule has 0 spiro atoms. The zero-order chi connectivity index (χ0) is 20.0. The van der Waals surface area contributed by atoms with Gasteiger partial charge in [-0.05, 0) is 18.3 Å².